The average molecular weight is 415 g/mol. The summed E-state index contributed by atoms with van der Waals surface area (Å²) in [5, 5.41) is 7.12. The number of nitrogens with one attached hydrogen (secondary N) is 2. The number of aromatic nitrogens is 2. The van der Waals surface area contributed by atoms with Crippen LogP contribution in [0.5, 0.6) is 0 Å². The minimum atomic E-state index is -0.381. The van der Waals surface area contributed by atoms with Crippen molar-refractivity contribution in [3.05, 3.63) is 65.0 Å². The number of amidine groups is 1. The smallest absolute Gasteiger partial charge is 0.298 e. The Morgan fingerprint density at radius 3 is 2.93 bits per heavy atom. The highest BCUT2D eigenvalue weighted by Gasteiger charge is 2.42. The molecule has 29 heavy (non-hydrogen) atoms. The molecule has 1 saturated heterocycles. The second-order valence-electron chi connectivity index (χ2n) is 7.25. The molecular formula is C20H20ClFN6O. The van der Waals surface area contributed by atoms with E-state index in [0.29, 0.717) is 23.0 Å². The Kier molecular flexibility index (Phi) is 4.81. The molecule has 4 heterocycles. The van der Waals surface area contributed by atoms with Crippen molar-refractivity contribution in [2.45, 2.75) is 31.0 Å². The number of rotatable bonds is 4. The van der Waals surface area contributed by atoms with Crippen LogP contribution < -0.4 is 10.6 Å². The van der Waals surface area contributed by atoms with Gasteiger partial charge < -0.3 is 15.4 Å². The topological polar surface area (TPSA) is 74.7 Å². The molecule has 5 rings (SSSR count). The normalized spacial score (nSPS) is 23.7. The molecule has 2 atom stereocenters. The van der Waals surface area contributed by atoms with Crippen LogP contribution in [0.4, 0.5) is 10.3 Å². The van der Waals surface area contributed by atoms with Crippen LogP contribution in [0.2, 0.25) is 5.02 Å². The van der Waals surface area contributed by atoms with Crippen LogP contribution >= 0.6 is 11.6 Å². The Morgan fingerprint density at radius 1 is 1.24 bits per heavy atom. The van der Waals surface area contributed by atoms with Crippen LogP contribution in [0.25, 0.3) is 0 Å². The SMILES string of the molecule is Fc1ccc(C2N=C3OC=CN3C2c2ccnc(NC3CCNCC3)n2)c(Cl)c1. The van der Waals surface area contributed by atoms with E-state index in [-0.39, 0.29) is 17.9 Å². The lowest BCUT2D eigenvalue weighted by atomic mass is 9.97. The molecule has 0 spiro atoms. The number of nitrogens with zero attached hydrogens (tertiary/aromatic N) is 4. The first-order chi connectivity index (χ1) is 14.2. The van der Waals surface area contributed by atoms with Gasteiger partial charge in [-0.2, -0.15) is 0 Å². The summed E-state index contributed by atoms with van der Waals surface area (Å²) in [5.41, 5.74) is 1.51. The molecule has 3 aliphatic heterocycles. The van der Waals surface area contributed by atoms with E-state index < -0.39 is 0 Å². The minimum absolute atomic E-state index is 0.261. The Bertz CT molecular complexity index is 977. The van der Waals surface area contributed by atoms with Crippen molar-refractivity contribution in [1.29, 1.82) is 0 Å². The highest BCUT2D eigenvalue weighted by atomic mass is 35.5. The molecule has 2 N–H and O–H groups in total. The molecule has 0 amide bonds. The summed E-state index contributed by atoms with van der Waals surface area (Å²) < 4.78 is 19.1. The zero-order valence-electron chi connectivity index (χ0n) is 15.6. The van der Waals surface area contributed by atoms with Gasteiger partial charge in [0.2, 0.25) is 5.95 Å². The second kappa shape index (κ2) is 7.61. The summed E-state index contributed by atoms with van der Waals surface area (Å²) in [6.07, 6.45) is 7.21. The summed E-state index contributed by atoms with van der Waals surface area (Å²) in [6, 6.07) is 6.42. The molecule has 1 aromatic carbocycles. The maximum Gasteiger partial charge on any atom is 0.298 e. The summed E-state index contributed by atoms with van der Waals surface area (Å²) in [7, 11) is 0. The highest BCUT2D eigenvalue weighted by Crippen LogP contribution is 2.45. The summed E-state index contributed by atoms with van der Waals surface area (Å²) >= 11 is 6.34. The van der Waals surface area contributed by atoms with Crippen molar-refractivity contribution in [1.82, 2.24) is 20.2 Å². The number of ether oxygens (including phenoxy) is 1. The first-order valence-corrected chi connectivity index (χ1v) is 10.0. The van der Waals surface area contributed by atoms with E-state index in [2.05, 4.69) is 20.6 Å². The molecule has 7 nitrogen and oxygen atoms in total. The lowest BCUT2D eigenvalue weighted by Gasteiger charge is -2.26. The van der Waals surface area contributed by atoms with Gasteiger partial charge in [-0.1, -0.05) is 17.7 Å². The van der Waals surface area contributed by atoms with Gasteiger partial charge in [0.25, 0.3) is 6.02 Å². The Balaban J connectivity index is 1.47. The van der Waals surface area contributed by atoms with Crippen LogP contribution in [0, 0.1) is 5.82 Å². The van der Waals surface area contributed by atoms with Gasteiger partial charge in [0, 0.05) is 23.5 Å². The third kappa shape index (κ3) is 3.54. The van der Waals surface area contributed by atoms with Crippen LogP contribution in [0.15, 0.2) is 47.9 Å². The molecule has 1 fully saturated rings. The second-order valence-corrected chi connectivity index (χ2v) is 7.66. The van der Waals surface area contributed by atoms with Gasteiger partial charge in [0.1, 0.15) is 24.2 Å². The van der Waals surface area contributed by atoms with E-state index >= 15 is 0 Å². The van der Waals surface area contributed by atoms with Crippen LogP contribution in [-0.4, -0.2) is 40.0 Å². The first kappa shape index (κ1) is 18.3. The van der Waals surface area contributed by atoms with Crippen molar-refractivity contribution in [3.8, 4) is 0 Å². The Morgan fingerprint density at radius 2 is 2.10 bits per heavy atom. The third-order valence-corrected chi connectivity index (χ3v) is 5.73. The standard InChI is InChI=1S/C20H20ClFN6O/c21-15-11-12(22)1-2-14(15)17-18(28-9-10-29-20(28)27-17)16-5-8-24-19(26-16)25-13-3-6-23-7-4-13/h1-2,5,8-11,13,17-18,23H,3-4,6-7H2,(H,24,25,26). The van der Waals surface area contributed by atoms with E-state index in [1.165, 1.54) is 12.1 Å². The molecule has 3 aliphatic rings. The van der Waals surface area contributed by atoms with Crippen molar-refractivity contribution >= 4 is 23.6 Å². The maximum absolute atomic E-state index is 13.6. The van der Waals surface area contributed by atoms with Gasteiger partial charge in [-0.25, -0.2) is 19.4 Å². The first-order valence-electron chi connectivity index (χ1n) is 9.63. The minimum Gasteiger partial charge on any atom is -0.432 e. The lowest BCUT2D eigenvalue weighted by molar-refractivity contribution is 0.365. The third-order valence-electron chi connectivity index (χ3n) is 5.40. The molecule has 9 heteroatoms. The molecule has 1 aromatic heterocycles. The Labute approximate surface area is 172 Å². The zero-order valence-corrected chi connectivity index (χ0v) is 16.3. The molecule has 2 aromatic rings. The number of halogens is 2. The highest BCUT2D eigenvalue weighted by molar-refractivity contribution is 6.31. The number of fused-ring (bicyclic) bond motifs is 1. The number of hydrogen-bond acceptors (Lipinski definition) is 7. The lowest BCUT2D eigenvalue weighted by Crippen LogP contribution is -2.35. The van der Waals surface area contributed by atoms with Crippen molar-refractivity contribution in [2.75, 3.05) is 18.4 Å². The molecule has 0 radical (unpaired) electrons. The van der Waals surface area contributed by atoms with Crippen LogP contribution in [0.3, 0.4) is 0 Å². The van der Waals surface area contributed by atoms with Crippen molar-refractivity contribution < 1.29 is 9.13 Å². The number of hydrogen-bond donors (Lipinski definition) is 2. The van der Waals surface area contributed by atoms with E-state index in [1.807, 2.05) is 17.2 Å². The monoisotopic (exact) mass is 414 g/mol. The molecule has 0 bridgehead atoms. The van der Waals surface area contributed by atoms with Crippen LogP contribution in [0.1, 0.15) is 36.2 Å². The molecular weight excluding hydrogens is 395 g/mol. The average Bonchev–Trinajstić information content (AvgIpc) is 3.30. The number of anilines is 1. The quantitative estimate of drug-likeness (QED) is 0.798. The molecule has 0 saturated carbocycles. The fourth-order valence-electron chi connectivity index (χ4n) is 3.97. The van der Waals surface area contributed by atoms with E-state index in [1.54, 1.807) is 18.5 Å². The van der Waals surface area contributed by atoms with Gasteiger partial charge in [-0.15, -0.1) is 0 Å². The van der Waals surface area contributed by atoms with Gasteiger partial charge in [0.05, 0.1) is 5.69 Å². The fraction of sp³-hybridized carbons (Fsp3) is 0.350. The fourth-order valence-corrected chi connectivity index (χ4v) is 4.25. The van der Waals surface area contributed by atoms with Crippen molar-refractivity contribution in [2.24, 2.45) is 4.99 Å². The largest absolute Gasteiger partial charge is 0.432 e. The van der Waals surface area contributed by atoms with E-state index in [0.717, 1.165) is 37.2 Å². The van der Waals surface area contributed by atoms with Gasteiger partial charge in [-0.05, 0) is 49.7 Å². The number of benzene rings is 1. The molecule has 2 unspecified atom stereocenters. The summed E-state index contributed by atoms with van der Waals surface area (Å²) in [6.45, 7) is 1.97. The number of piperidine rings is 1. The predicted octanol–water partition coefficient (Wildman–Crippen LogP) is 3.39. The predicted molar refractivity (Wildman–Crippen MR) is 108 cm³/mol. The van der Waals surface area contributed by atoms with Crippen molar-refractivity contribution in [3.63, 3.8) is 0 Å². The Hall–Kier alpha value is -2.71. The maximum atomic E-state index is 13.6. The zero-order chi connectivity index (χ0) is 19.8. The van der Waals surface area contributed by atoms with Gasteiger partial charge in [-0.3, -0.25) is 4.90 Å². The van der Waals surface area contributed by atoms with Gasteiger partial charge in [0.15, 0.2) is 0 Å². The van der Waals surface area contributed by atoms with Gasteiger partial charge >= 0.3 is 0 Å². The van der Waals surface area contributed by atoms with E-state index in [4.69, 9.17) is 21.3 Å². The summed E-state index contributed by atoms with van der Waals surface area (Å²) in [5.74, 6) is 0.212. The number of aliphatic imine (C=N–C) groups is 1. The summed E-state index contributed by atoms with van der Waals surface area (Å²) in [4.78, 5) is 15.8. The van der Waals surface area contributed by atoms with E-state index in [9.17, 15) is 4.39 Å². The molecule has 150 valence electrons. The van der Waals surface area contributed by atoms with Crippen LogP contribution in [-0.2, 0) is 4.74 Å². The molecule has 0 aliphatic carbocycles.